The molecule has 3 rings (SSSR count). The molecule has 3 aromatic rings. The molecule has 0 saturated carbocycles. The summed E-state index contributed by atoms with van der Waals surface area (Å²) in [5.74, 6) is 0. The Morgan fingerprint density at radius 2 is 2.30 bits per heavy atom. The summed E-state index contributed by atoms with van der Waals surface area (Å²) in [6, 6.07) is 6.03. The van der Waals surface area contributed by atoms with E-state index < -0.39 is 0 Å². The number of hydrogen-bond acceptors (Lipinski definition) is 5. The van der Waals surface area contributed by atoms with Crippen LogP contribution in [0.25, 0.3) is 10.9 Å². The fraction of sp³-hybridized carbons (Fsp3) is 0.308. The van der Waals surface area contributed by atoms with Crippen molar-refractivity contribution in [3.05, 3.63) is 36.3 Å². The van der Waals surface area contributed by atoms with Crippen LogP contribution in [0.2, 0.25) is 0 Å². The SMILES string of the molecule is OCCCn1cc(CNc2ccc3cn[nH]c3c2)nn1. The van der Waals surface area contributed by atoms with E-state index in [0.29, 0.717) is 19.5 Å². The number of aromatic nitrogens is 5. The number of anilines is 1. The third-order valence-corrected chi connectivity index (χ3v) is 3.05. The molecule has 7 nitrogen and oxygen atoms in total. The van der Waals surface area contributed by atoms with Crippen LogP contribution in [-0.2, 0) is 13.1 Å². The molecule has 0 amide bonds. The number of aryl methyl sites for hydroxylation is 1. The van der Waals surface area contributed by atoms with Crippen LogP contribution >= 0.6 is 0 Å². The van der Waals surface area contributed by atoms with Crippen LogP contribution in [-0.4, -0.2) is 36.9 Å². The third-order valence-electron chi connectivity index (χ3n) is 3.05. The van der Waals surface area contributed by atoms with Crippen molar-refractivity contribution in [2.24, 2.45) is 0 Å². The van der Waals surface area contributed by atoms with Gasteiger partial charge in [0.1, 0.15) is 5.69 Å². The zero-order valence-corrected chi connectivity index (χ0v) is 11.0. The lowest BCUT2D eigenvalue weighted by Crippen LogP contribution is -2.01. The number of aliphatic hydroxyl groups excluding tert-OH is 1. The van der Waals surface area contributed by atoms with E-state index in [4.69, 9.17) is 5.11 Å². The largest absolute Gasteiger partial charge is 0.396 e. The van der Waals surface area contributed by atoms with Crippen molar-refractivity contribution in [2.45, 2.75) is 19.5 Å². The van der Waals surface area contributed by atoms with Gasteiger partial charge in [-0.25, -0.2) is 0 Å². The molecular weight excluding hydrogens is 256 g/mol. The number of aliphatic hydroxyl groups is 1. The number of H-pyrrole nitrogens is 1. The molecule has 0 fully saturated rings. The molecule has 1 aromatic carbocycles. The van der Waals surface area contributed by atoms with Gasteiger partial charge in [0.25, 0.3) is 0 Å². The molecule has 20 heavy (non-hydrogen) atoms. The molecule has 3 N–H and O–H groups in total. The fourth-order valence-electron chi connectivity index (χ4n) is 2.00. The van der Waals surface area contributed by atoms with Gasteiger partial charge >= 0.3 is 0 Å². The summed E-state index contributed by atoms with van der Waals surface area (Å²) < 4.78 is 1.74. The predicted octanol–water partition coefficient (Wildman–Crippen LogP) is 1.15. The van der Waals surface area contributed by atoms with Gasteiger partial charge in [-0.3, -0.25) is 9.78 Å². The Bertz CT molecular complexity index is 689. The summed E-state index contributed by atoms with van der Waals surface area (Å²) in [5.41, 5.74) is 2.88. The van der Waals surface area contributed by atoms with Crippen LogP contribution < -0.4 is 5.32 Å². The molecule has 0 atom stereocenters. The summed E-state index contributed by atoms with van der Waals surface area (Å²) in [5, 5.41) is 28.2. The number of hydrogen-bond donors (Lipinski definition) is 3. The zero-order valence-electron chi connectivity index (χ0n) is 11.0. The molecule has 0 saturated heterocycles. The van der Waals surface area contributed by atoms with Crippen molar-refractivity contribution in [2.75, 3.05) is 11.9 Å². The minimum absolute atomic E-state index is 0.164. The summed E-state index contributed by atoms with van der Waals surface area (Å²) in [4.78, 5) is 0. The maximum Gasteiger partial charge on any atom is 0.102 e. The Morgan fingerprint density at radius 1 is 1.35 bits per heavy atom. The van der Waals surface area contributed by atoms with Gasteiger partial charge in [-0.2, -0.15) is 5.10 Å². The molecule has 0 unspecified atom stereocenters. The average molecular weight is 272 g/mol. The highest BCUT2D eigenvalue weighted by Crippen LogP contribution is 2.16. The van der Waals surface area contributed by atoms with E-state index in [0.717, 1.165) is 22.3 Å². The fourth-order valence-corrected chi connectivity index (χ4v) is 2.00. The molecule has 0 aliphatic rings. The summed E-state index contributed by atoms with van der Waals surface area (Å²) in [6.07, 6.45) is 4.37. The van der Waals surface area contributed by atoms with E-state index in [2.05, 4.69) is 25.8 Å². The minimum atomic E-state index is 0.164. The minimum Gasteiger partial charge on any atom is -0.396 e. The number of nitrogens with zero attached hydrogens (tertiary/aromatic N) is 4. The van der Waals surface area contributed by atoms with E-state index >= 15 is 0 Å². The van der Waals surface area contributed by atoms with Gasteiger partial charge in [-0.05, 0) is 24.6 Å². The van der Waals surface area contributed by atoms with Gasteiger partial charge in [-0.1, -0.05) is 5.21 Å². The smallest absolute Gasteiger partial charge is 0.102 e. The van der Waals surface area contributed by atoms with Crippen LogP contribution in [0.5, 0.6) is 0 Å². The summed E-state index contributed by atoms with van der Waals surface area (Å²) >= 11 is 0. The first-order chi connectivity index (χ1) is 9.85. The first-order valence-electron chi connectivity index (χ1n) is 6.52. The Hall–Kier alpha value is -2.41. The highest BCUT2D eigenvalue weighted by atomic mass is 16.3. The molecule has 0 bridgehead atoms. The van der Waals surface area contributed by atoms with Crippen LogP contribution in [0.4, 0.5) is 5.69 Å². The van der Waals surface area contributed by atoms with Gasteiger partial charge in [0, 0.05) is 24.2 Å². The number of aromatic amines is 1. The molecule has 2 aromatic heterocycles. The van der Waals surface area contributed by atoms with E-state index in [-0.39, 0.29) is 6.61 Å². The normalized spacial score (nSPS) is 11.1. The second kappa shape index (κ2) is 5.70. The Balaban J connectivity index is 1.62. The van der Waals surface area contributed by atoms with Crippen molar-refractivity contribution < 1.29 is 5.11 Å². The van der Waals surface area contributed by atoms with Gasteiger partial charge in [0.2, 0.25) is 0 Å². The van der Waals surface area contributed by atoms with E-state index in [1.54, 1.807) is 10.9 Å². The number of benzene rings is 1. The van der Waals surface area contributed by atoms with Gasteiger partial charge in [0.05, 0.1) is 24.5 Å². The second-order valence-electron chi connectivity index (χ2n) is 4.58. The third kappa shape index (κ3) is 2.77. The molecule has 104 valence electrons. The monoisotopic (exact) mass is 272 g/mol. The number of rotatable bonds is 6. The zero-order chi connectivity index (χ0) is 13.8. The quantitative estimate of drug-likeness (QED) is 0.626. The molecule has 0 radical (unpaired) electrons. The molecular formula is C13H16N6O. The maximum absolute atomic E-state index is 8.77. The Morgan fingerprint density at radius 3 is 3.20 bits per heavy atom. The van der Waals surface area contributed by atoms with Gasteiger partial charge in [0.15, 0.2) is 0 Å². The van der Waals surface area contributed by atoms with Crippen LogP contribution in [0, 0.1) is 0 Å². The van der Waals surface area contributed by atoms with E-state index in [9.17, 15) is 0 Å². The summed E-state index contributed by atoms with van der Waals surface area (Å²) in [6.45, 7) is 1.46. The van der Waals surface area contributed by atoms with Gasteiger partial charge in [-0.15, -0.1) is 5.10 Å². The van der Waals surface area contributed by atoms with Crippen LogP contribution in [0.1, 0.15) is 12.1 Å². The van der Waals surface area contributed by atoms with Crippen molar-refractivity contribution in [3.8, 4) is 0 Å². The first kappa shape index (κ1) is 12.6. The van der Waals surface area contributed by atoms with Crippen LogP contribution in [0.15, 0.2) is 30.6 Å². The highest BCUT2D eigenvalue weighted by molar-refractivity contribution is 5.81. The Kier molecular flexibility index (Phi) is 3.60. The average Bonchev–Trinajstić information content (AvgIpc) is 3.11. The first-order valence-corrected chi connectivity index (χ1v) is 6.52. The van der Waals surface area contributed by atoms with Crippen molar-refractivity contribution >= 4 is 16.6 Å². The lowest BCUT2D eigenvalue weighted by atomic mass is 10.2. The standard InChI is InChI=1S/C13H16N6O/c20-5-1-4-19-9-12(16-18-19)8-14-11-3-2-10-7-15-17-13(10)6-11/h2-3,6-7,9,14,20H,1,4-5,8H2,(H,15,17). The molecule has 7 heteroatoms. The molecule has 0 spiro atoms. The van der Waals surface area contributed by atoms with Crippen molar-refractivity contribution in [3.63, 3.8) is 0 Å². The second-order valence-corrected chi connectivity index (χ2v) is 4.58. The van der Waals surface area contributed by atoms with Crippen molar-refractivity contribution in [1.82, 2.24) is 25.2 Å². The molecule has 2 heterocycles. The Labute approximate surface area is 115 Å². The number of nitrogens with one attached hydrogen (secondary N) is 2. The molecule has 0 aliphatic heterocycles. The van der Waals surface area contributed by atoms with Gasteiger partial charge < -0.3 is 10.4 Å². The van der Waals surface area contributed by atoms with Crippen molar-refractivity contribution in [1.29, 1.82) is 0 Å². The highest BCUT2D eigenvalue weighted by Gasteiger charge is 2.02. The van der Waals surface area contributed by atoms with E-state index in [1.165, 1.54) is 0 Å². The van der Waals surface area contributed by atoms with Crippen LogP contribution in [0.3, 0.4) is 0 Å². The van der Waals surface area contributed by atoms with E-state index in [1.807, 2.05) is 24.4 Å². The lowest BCUT2D eigenvalue weighted by molar-refractivity contribution is 0.276. The molecule has 0 aliphatic carbocycles. The maximum atomic E-state index is 8.77. The topological polar surface area (TPSA) is 91.7 Å². The lowest BCUT2D eigenvalue weighted by Gasteiger charge is -2.03. The number of fused-ring (bicyclic) bond motifs is 1. The predicted molar refractivity (Wildman–Crippen MR) is 75.1 cm³/mol. The summed E-state index contributed by atoms with van der Waals surface area (Å²) in [7, 11) is 0.